The zero-order valence-corrected chi connectivity index (χ0v) is 11.3. The Morgan fingerprint density at radius 2 is 1.88 bits per heavy atom. The van der Waals surface area contributed by atoms with Crippen molar-refractivity contribution < 1.29 is 0 Å². The van der Waals surface area contributed by atoms with Gasteiger partial charge in [-0.2, -0.15) is 5.10 Å². The van der Waals surface area contributed by atoms with Gasteiger partial charge in [0.1, 0.15) is 0 Å². The molecule has 0 spiro atoms. The van der Waals surface area contributed by atoms with Crippen LogP contribution in [0.2, 0.25) is 15.1 Å². The molecule has 17 heavy (non-hydrogen) atoms. The van der Waals surface area contributed by atoms with Crippen molar-refractivity contribution in [2.24, 2.45) is 7.05 Å². The average Bonchev–Trinajstić information content (AvgIpc) is 2.62. The summed E-state index contributed by atoms with van der Waals surface area (Å²) < 4.78 is 1.74. The van der Waals surface area contributed by atoms with E-state index in [1.807, 2.05) is 13.2 Å². The van der Waals surface area contributed by atoms with Gasteiger partial charge in [-0.25, -0.2) is 0 Å². The molecule has 90 valence electrons. The fourth-order valence-electron chi connectivity index (χ4n) is 1.46. The second-order valence-corrected chi connectivity index (χ2v) is 4.87. The lowest BCUT2D eigenvalue weighted by atomic mass is 10.3. The molecule has 1 heterocycles. The summed E-state index contributed by atoms with van der Waals surface area (Å²) in [5, 5.41) is 8.77. The summed E-state index contributed by atoms with van der Waals surface area (Å²) >= 11 is 17.9. The maximum atomic E-state index is 6.05. The van der Waals surface area contributed by atoms with Gasteiger partial charge in [-0.15, -0.1) is 0 Å². The third kappa shape index (κ3) is 3.06. The number of benzene rings is 1. The molecule has 0 aliphatic rings. The summed E-state index contributed by atoms with van der Waals surface area (Å²) in [5.41, 5.74) is 1.73. The van der Waals surface area contributed by atoms with Gasteiger partial charge < -0.3 is 5.32 Å². The van der Waals surface area contributed by atoms with Crippen LogP contribution >= 0.6 is 34.8 Å². The molecule has 1 N–H and O–H groups in total. The van der Waals surface area contributed by atoms with Gasteiger partial charge in [-0.1, -0.05) is 34.8 Å². The Hall–Kier alpha value is -0.900. The summed E-state index contributed by atoms with van der Waals surface area (Å²) in [6.07, 6.45) is 3.70. The first-order chi connectivity index (χ1) is 8.06. The Kier molecular flexibility index (Phi) is 3.82. The quantitative estimate of drug-likeness (QED) is 0.926. The third-order valence-corrected chi connectivity index (χ3v) is 3.05. The Morgan fingerprint density at radius 1 is 1.24 bits per heavy atom. The van der Waals surface area contributed by atoms with E-state index in [1.54, 1.807) is 23.0 Å². The van der Waals surface area contributed by atoms with Crippen LogP contribution < -0.4 is 5.32 Å². The van der Waals surface area contributed by atoms with Gasteiger partial charge in [0.15, 0.2) is 0 Å². The number of nitrogens with one attached hydrogen (secondary N) is 1. The summed E-state index contributed by atoms with van der Waals surface area (Å²) in [6, 6.07) is 3.31. The van der Waals surface area contributed by atoms with E-state index in [0.717, 1.165) is 5.56 Å². The Bertz CT molecular complexity index is 514. The lowest BCUT2D eigenvalue weighted by Crippen LogP contribution is -1.99. The minimum atomic E-state index is 0.506. The van der Waals surface area contributed by atoms with Crippen LogP contribution in [0.25, 0.3) is 0 Å². The smallest absolute Gasteiger partial charge is 0.0722 e. The monoisotopic (exact) mass is 289 g/mol. The number of hydrogen-bond acceptors (Lipinski definition) is 2. The van der Waals surface area contributed by atoms with E-state index in [0.29, 0.717) is 27.3 Å². The van der Waals surface area contributed by atoms with Crippen molar-refractivity contribution in [3.63, 3.8) is 0 Å². The highest BCUT2D eigenvalue weighted by molar-refractivity contribution is 6.41. The van der Waals surface area contributed by atoms with Gasteiger partial charge in [0.25, 0.3) is 0 Å². The molecule has 0 atom stereocenters. The Balaban J connectivity index is 2.14. The lowest BCUT2D eigenvalue weighted by molar-refractivity contribution is 0.767. The van der Waals surface area contributed by atoms with Crippen LogP contribution in [0.3, 0.4) is 0 Å². The molecule has 0 saturated carbocycles. The van der Waals surface area contributed by atoms with Gasteiger partial charge in [0.2, 0.25) is 0 Å². The predicted molar refractivity (Wildman–Crippen MR) is 72.0 cm³/mol. The molecule has 0 fully saturated rings. The fraction of sp³-hybridized carbons (Fsp3) is 0.182. The number of rotatable bonds is 3. The number of nitrogens with zero attached hydrogens (tertiary/aromatic N) is 2. The van der Waals surface area contributed by atoms with Gasteiger partial charge in [-0.05, 0) is 12.1 Å². The Labute approximate surface area is 114 Å². The summed E-state index contributed by atoms with van der Waals surface area (Å²) in [4.78, 5) is 0. The number of anilines is 1. The maximum absolute atomic E-state index is 6.05. The van der Waals surface area contributed by atoms with Crippen LogP contribution in [-0.2, 0) is 13.6 Å². The van der Waals surface area contributed by atoms with Crippen molar-refractivity contribution in [3.05, 3.63) is 45.2 Å². The number of aryl methyl sites for hydroxylation is 1. The average molecular weight is 291 g/mol. The molecule has 0 amide bonds. The van der Waals surface area contributed by atoms with Gasteiger partial charge in [-0.3, -0.25) is 4.68 Å². The zero-order valence-electron chi connectivity index (χ0n) is 9.04. The lowest BCUT2D eigenvalue weighted by Gasteiger charge is -2.09. The van der Waals surface area contributed by atoms with Crippen LogP contribution in [-0.4, -0.2) is 9.78 Å². The molecule has 6 heteroatoms. The molecular weight excluding hydrogens is 281 g/mol. The van der Waals surface area contributed by atoms with Gasteiger partial charge in [0, 0.05) is 30.4 Å². The van der Waals surface area contributed by atoms with E-state index in [4.69, 9.17) is 34.8 Å². The van der Waals surface area contributed by atoms with Crippen LogP contribution in [0.1, 0.15) is 5.56 Å². The van der Waals surface area contributed by atoms with E-state index >= 15 is 0 Å². The third-order valence-electron chi connectivity index (χ3n) is 2.23. The highest BCUT2D eigenvalue weighted by atomic mass is 35.5. The second kappa shape index (κ2) is 5.17. The zero-order chi connectivity index (χ0) is 12.4. The number of hydrogen-bond donors (Lipinski definition) is 1. The minimum absolute atomic E-state index is 0.506. The summed E-state index contributed by atoms with van der Waals surface area (Å²) in [5.74, 6) is 0. The Morgan fingerprint density at radius 3 is 2.41 bits per heavy atom. The molecule has 1 aromatic carbocycles. The normalized spacial score (nSPS) is 10.6. The molecule has 0 unspecified atom stereocenters. The molecule has 3 nitrogen and oxygen atoms in total. The fourth-order valence-corrected chi connectivity index (χ4v) is 2.42. The van der Waals surface area contributed by atoms with Crippen molar-refractivity contribution in [2.75, 3.05) is 5.32 Å². The van der Waals surface area contributed by atoms with E-state index in [-0.39, 0.29) is 0 Å². The highest BCUT2D eigenvalue weighted by Crippen LogP contribution is 2.33. The maximum Gasteiger partial charge on any atom is 0.0722 e. The molecular formula is C11H10Cl3N3. The summed E-state index contributed by atoms with van der Waals surface area (Å²) in [7, 11) is 1.87. The first kappa shape index (κ1) is 12.6. The first-order valence-corrected chi connectivity index (χ1v) is 6.05. The standard InChI is InChI=1S/C11H10Cl3N3/c1-17-6-7(5-16-17)4-15-11-9(13)2-8(12)3-10(11)14/h2-3,5-6,15H,4H2,1H3. The molecule has 2 aromatic rings. The predicted octanol–water partition coefficient (Wildman–Crippen LogP) is 3.99. The number of halogens is 3. The van der Waals surface area contributed by atoms with E-state index in [2.05, 4.69) is 10.4 Å². The van der Waals surface area contributed by atoms with Gasteiger partial charge in [0.05, 0.1) is 21.9 Å². The molecule has 0 aliphatic heterocycles. The molecule has 0 saturated heterocycles. The second-order valence-electron chi connectivity index (χ2n) is 3.62. The molecule has 0 radical (unpaired) electrons. The summed E-state index contributed by atoms with van der Waals surface area (Å²) in [6.45, 7) is 0.606. The van der Waals surface area contributed by atoms with Crippen molar-refractivity contribution in [1.82, 2.24) is 9.78 Å². The molecule has 1 aromatic heterocycles. The van der Waals surface area contributed by atoms with Crippen molar-refractivity contribution in [2.45, 2.75) is 6.54 Å². The van der Waals surface area contributed by atoms with Gasteiger partial charge >= 0.3 is 0 Å². The van der Waals surface area contributed by atoms with Crippen LogP contribution in [0.4, 0.5) is 5.69 Å². The molecule has 2 rings (SSSR count). The topological polar surface area (TPSA) is 29.9 Å². The first-order valence-electron chi connectivity index (χ1n) is 4.92. The SMILES string of the molecule is Cn1cc(CNc2c(Cl)cc(Cl)cc2Cl)cn1. The van der Waals surface area contributed by atoms with Crippen molar-refractivity contribution >= 4 is 40.5 Å². The van der Waals surface area contributed by atoms with Crippen LogP contribution in [0.15, 0.2) is 24.5 Å². The van der Waals surface area contributed by atoms with Crippen molar-refractivity contribution in [3.8, 4) is 0 Å². The van der Waals surface area contributed by atoms with E-state index in [9.17, 15) is 0 Å². The highest BCUT2D eigenvalue weighted by Gasteiger charge is 2.07. The number of aromatic nitrogens is 2. The van der Waals surface area contributed by atoms with Crippen LogP contribution in [0.5, 0.6) is 0 Å². The molecule has 0 aliphatic carbocycles. The van der Waals surface area contributed by atoms with E-state index in [1.165, 1.54) is 0 Å². The van der Waals surface area contributed by atoms with E-state index < -0.39 is 0 Å². The molecule has 0 bridgehead atoms. The largest absolute Gasteiger partial charge is 0.378 e. The van der Waals surface area contributed by atoms with Crippen molar-refractivity contribution in [1.29, 1.82) is 0 Å². The minimum Gasteiger partial charge on any atom is -0.378 e. The van der Waals surface area contributed by atoms with Crippen LogP contribution in [0, 0.1) is 0 Å².